The Morgan fingerprint density at radius 2 is 1.81 bits per heavy atom. The van der Waals surface area contributed by atoms with Crippen LogP contribution in [0.1, 0.15) is 52.4 Å². The summed E-state index contributed by atoms with van der Waals surface area (Å²) in [5, 5.41) is 10.9. The molecule has 94 valence electrons. The van der Waals surface area contributed by atoms with E-state index in [1.807, 2.05) is 11.8 Å². The Morgan fingerprint density at radius 1 is 1.06 bits per heavy atom. The lowest BCUT2D eigenvalue weighted by Crippen LogP contribution is -2.60. The van der Waals surface area contributed by atoms with Crippen molar-refractivity contribution in [2.24, 2.45) is 11.1 Å². The first-order valence-corrected chi connectivity index (χ1v) is 7.62. The van der Waals surface area contributed by atoms with E-state index < -0.39 is 5.60 Å². The van der Waals surface area contributed by atoms with Crippen molar-refractivity contribution in [3.63, 3.8) is 0 Å². The summed E-state index contributed by atoms with van der Waals surface area (Å²) in [6, 6.07) is 0. The van der Waals surface area contributed by atoms with Crippen LogP contribution in [0.15, 0.2) is 0 Å². The fourth-order valence-electron chi connectivity index (χ4n) is 3.10. The van der Waals surface area contributed by atoms with E-state index >= 15 is 0 Å². The van der Waals surface area contributed by atoms with Gasteiger partial charge in [0.05, 0.1) is 11.1 Å². The Labute approximate surface area is 103 Å². The summed E-state index contributed by atoms with van der Waals surface area (Å²) in [6.07, 6.45) is 6.21. The van der Waals surface area contributed by atoms with E-state index in [1.165, 1.54) is 6.42 Å². The van der Waals surface area contributed by atoms with Crippen LogP contribution in [0.2, 0.25) is 0 Å². The molecule has 0 aromatic heterocycles. The number of aliphatic hydroxyl groups is 1. The van der Waals surface area contributed by atoms with Crippen LogP contribution in [-0.4, -0.2) is 27.8 Å². The smallest absolute Gasteiger partial charge is 0.0834 e. The maximum absolute atomic E-state index is 10.9. The summed E-state index contributed by atoms with van der Waals surface area (Å²) in [4.78, 5) is 0. The molecule has 1 aliphatic heterocycles. The molecule has 2 rings (SSSR count). The predicted molar refractivity (Wildman–Crippen MR) is 70.7 cm³/mol. The molecule has 2 unspecified atom stereocenters. The van der Waals surface area contributed by atoms with E-state index in [-0.39, 0.29) is 5.54 Å². The van der Waals surface area contributed by atoms with Crippen molar-refractivity contribution >= 4 is 11.8 Å². The van der Waals surface area contributed by atoms with Crippen LogP contribution in [0.25, 0.3) is 0 Å². The Kier molecular flexibility index (Phi) is 3.32. The van der Waals surface area contributed by atoms with Gasteiger partial charge in [0.1, 0.15) is 0 Å². The van der Waals surface area contributed by atoms with Crippen molar-refractivity contribution in [3.8, 4) is 0 Å². The summed E-state index contributed by atoms with van der Waals surface area (Å²) < 4.78 is 0. The molecule has 2 nitrogen and oxygen atoms in total. The van der Waals surface area contributed by atoms with Gasteiger partial charge in [-0.25, -0.2) is 0 Å². The van der Waals surface area contributed by atoms with Crippen molar-refractivity contribution in [3.05, 3.63) is 0 Å². The van der Waals surface area contributed by atoms with E-state index in [0.29, 0.717) is 5.41 Å². The zero-order valence-corrected chi connectivity index (χ0v) is 11.4. The van der Waals surface area contributed by atoms with Gasteiger partial charge in [0, 0.05) is 5.75 Å². The van der Waals surface area contributed by atoms with E-state index in [2.05, 4.69) is 13.8 Å². The van der Waals surface area contributed by atoms with Crippen molar-refractivity contribution < 1.29 is 5.11 Å². The SMILES string of the molecule is CC1(C)CCCC(O)(C2(N)CCSC2)CC1. The van der Waals surface area contributed by atoms with Crippen LogP contribution in [0.3, 0.4) is 0 Å². The molecule has 0 amide bonds. The molecule has 3 heteroatoms. The van der Waals surface area contributed by atoms with Crippen molar-refractivity contribution in [1.29, 1.82) is 0 Å². The molecule has 0 bridgehead atoms. The summed E-state index contributed by atoms with van der Waals surface area (Å²) in [6.45, 7) is 4.62. The fourth-order valence-corrected chi connectivity index (χ4v) is 4.53. The zero-order valence-electron chi connectivity index (χ0n) is 10.6. The molecule has 0 spiro atoms. The summed E-state index contributed by atoms with van der Waals surface area (Å²) in [5.74, 6) is 2.05. The molecular weight excluding hydrogens is 218 g/mol. The molecule has 1 saturated carbocycles. The molecule has 2 fully saturated rings. The van der Waals surface area contributed by atoms with Gasteiger partial charge in [0.25, 0.3) is 0 Å². The van der Waals surface area contributed by atoms with Gasteiger partial charge in [-0.1, -0.05) is 13.8 Å². The Balaban J connectivity index is 2.12. The topological polar surface area (TPSA) is 46.2 Å². The average molecular weight is 243 g/mol. The molecule has 1 heterocycles. The summed E-state index contributed by atoms with van der Waals surface area (Å²) in [5.41, 5.74) is 5.91. The van der Waals surface area contributed by atoms with Crippen LogP contribution in [0.5, 0.6) is 0 Å². The predicted octanol–water partition coefficient (Wildman–Crippen LogP) is 2.54. The highest BCUT2D eigenvalue weighted by Gasteiger charge is 2.50. The number of nitrogens with two attached hydrogens (primary N) is 1. The van der Waals surface area contributed by atoms with Gasteiger partial charge in [0.2, 0.25) is 0 Å². The van der Waals surface area contributed by atoms with Gasteiger partial charge in [0.15, 0.2) is 0 Å². The molecule has 0 aromatic carbocycles. The molecular formula is C13H25NOS. The Bertz CT molecular complexity index is 261. The lowest BCUT2D eigenvalue weighted by Gasteiger charge is -2.42. The van der Waals surface area contributed by atoms with Crippen molar-refractivity contribution in [1.82, 2.24) is 0 Å². The first-order chi connectivity index (χ1) is 7.37. The number of rotatable bonds is 1. The molecule has 0 aromatic rings. The van der Waals surface area contributed by atoms with Crippen LogP contribution in [-0.2, 0) is 0 Å². The van der Waals surface area contributed by atoms with Gasteiger partial charge < -0.3 is 10.8 Å². The summed E-state index contributed by atoms with van der Waals surface area (Å²) >= 11 is 1.89. The largest absolute Gasteiger partial charge is 0.388 e. The van der Waals surface area contributed by atoms with Crippen LogP contribution < -0.4 is 5.73 Å². The van der Waals surface area contributed by atoms with Crippen LogP contribution in [0, 0.1) is 5.41 Å². The first-order valence-electron chi connectivity index (χ1n) is 6.46. The highest BCUT2D eigenvalue weighted by molar-refractivity contribution is 7.99. The van der Waals surface area contributed by atoms with E-state index in [4.69, 9.17) is 5.73 Å². The monoisotopic (exact) mass is 243 g/mol. The minimum Gasteiger partial charge on any atom is -0.388 e. The second kappa shape index (κ2) is 4.18. The van der Waals surface area contributed by atoms with Gasteiger partial charge in [-0.05, 0) is 49.7 Å². The minimum absolute atomic E-state index is 0.321. The maximum Gasteiger partial charge on any atom is 0.0834 e. The third-order valence-electron chi connectivity index (χ3n) is 4.64. The molecule has 0 radical (unpaired) electrons. The van der Waals surface area contributed by atoms with Crippen LogP contribution >= 0.6 is 11.8 Å². The van der Waals surface area contributed by atoms with Gasteiger partial charge in [-0.3, -0.25) is 0 Å². The lowest BCUT2D eigenvalue weighted by molar-refractivity contribution is -0.0403. The summed E-state index contributed by atoms with van der Waals surface area (Å²) in [7, 11) is 0. The standard InChI is InChI=1S/C13H25NOS/c1-11(2)4-3-5-13(15,7-6-11)12(14)8-9-16-10-12/h15H,3-10,14H2,1-2H3. The number of hydrogen-bond acceptors (Lipinski definition) is 3. The quantitative estimate of drug-likeness (QED) is 0.696. The van der Waals surface area contributed by atoms with E-state index in [0.717, 1.165) is 43.6 Å². The molecule has 2 atom stereocenters. The first kappa shape index (κ1) is 12.7. The maximum atomic E-state index is 10.9. The van der Waals surface area contributed by atoms with Gasteiger partial charge in [-0.15, -0.1) is 0 Å². The zero-order chi connectivity index (χ0) is 11.9. The van der Waals surface area contributed by atoms with Gasteiger partial charge >= 0.3 is 0 Å². The molecule has 3 N–H and O–H groups in total. The fraction of sp³-hybridized carbons (Fsp3) is 1.00. The molecule has 16 heavy (non-hydrogen) atoms. The third-order valence-corrected chi connectivity index (χ3v) is 5.85. The average Bonchev–Trinajstić information content (AvgIpc) is 2.58. The Morgan fingerprint density at radius 3 is 2.44 bits per heavy atom. The number of thioether (sulfide) groups is 1. The second-order valence-electron chi connectivity index (χ2n) is 6.51. The molecule has 2 aliphatic rings. The third kappa shape index (κ3) is 2.27. The van der Waals surface area contributed by atoms with Crippen LogP contribution in [0.4, 0.5) is 0 Å². The van der Waals surface area contributed by atoms with Crippen molar-refractivity contribution in [2.45, 2.75) is 63.5 Å². The molecule has 1 aliphatic carbocycles. The lowest BCUT2D eigenvalue weighted by atomic mass is 9.74. The van der Waals surface area contributed by atoms with E-state index in [9.17, 15) is 5.11 Å². The highest BCUT2D eigenvalue weighted by Crippen LogP contribution is 2.45. The number of hydrogen-bond donors (Lipinski definition) is 2. The Hall–Kier alpha value is 0.270. The van der Waals surface area contributed by atoms with Gasteiger partial charge in [-0.2, -0.15) is 11.8 Å². The normalized spacial score (nSPS) is 44.2. The van der Waals surface area contributed by atoms with E-state index in [1.54, 1.807) is 0 Å². The second-order valence-corrected chi connectivity index (χ2v) is 7.61. The molecule has 1 saturated heterocycles. The minimum atomic E-state index is -0.607. The van der Waals surface area contributed by atoms with Crippen molar-refractivity contribution in [2.75, 3.05) is 11.5 Å². The highest BCUT2D eigenvalue weighted by atomic mass is 32.2.